The van der Waals surface area contributed by atoms with Gasteiger partial charge in [-0.05, 0) is 31.2 Å². The Hall–Kier alpha value is -1.99. The van der Waals surface area contributed by atoms with E-state index in [1.54, 1.807) is 0 Å². The van der Waals surface area contributed by atoms with E-state index in [1.165, 1.54) is 49.0 Å². The predicted octanol–water partition coefficient (Wildman–Crippen LogP) is 4.36. The highest BCUT2D eigenvalue weighted by Gasteiger charge is 2.20. The molecule has 0 atom stereocenters. The third-order valence-corrected chi connectivity index (χ3v) is 5.75. The lowest BCUT2D eigenvalue weighted by Gasteiger charge is -2.18. The second-order valence-electron chi connectivity index (χ2n) is 6.86. The summed E-state index contributed by atoms with van der Waals surface area (Å²) in [6.45, 7) is 1.91. The molecule has 0 saturated heterocycles. The smallest absolute Gasteiger partial charge is 0.321 e. The number of nitrogens with one attached hydrogen (secondary N) is 2. The SMILES string of the molecule is O=C(NCCCOCCc1ccccc1)Nc1nnc(C2CCCCC2)s1. The Kier molecular flexibility index (Phi) is 8.04. The lowest BCUT2D eigenvalue weighted by atomic mass is 9.90. The minimum absolute atomic E-state index is 0.231. The van der Waals surface area contributed by atoms with Crippen molar-refractivity contribution in [3.8, 4) is 0 Å². The van der Waals surface area contributed by atoms with E-state index < -0.39 is 0 Å². The van der Waals surface area contributed by atoms with Gasteiger partial charge in [-0.1, -0.05) is 60.9 Å². The molecule has 3 rings (SSSR count). The van der Waals surface area contributed by atoms with Crippen molar-refractivity contribution in [1.82, 2.24) is 15.5 Å². The number of ether oxygens (including phenoxy) is 1. The molecule has 1 fully saturated rings. The summed E-state index contributed by atoms with van der Waals surface area (Å²) in [5, 5.41) is 15.6. The van der Waals surface area contributed by atoms with Gasteiger partial charge in [-0.25, -0.2) is 4.79 Å². The molecule has 1 heterocycles. The van der Waals surface area contributed by atoms with Gasteiger partial charge in [0, 0.05) is 19.1 Å². The largest absolute Gasteiger partial charge is 0.381 e. The lowest BCUT2D eigenvalue weighted by Crippen LogP contribution is -2.30. The molecule has 1 aliphatic rings. The number of hydrogen-bond donors (Lipinski definition) is 2. The third-order valence-electron chi connectivity index (χ3n) is 4.74. The molecule has 7 heteroatoms. The van der Waals surface area contributed by atoms with Gasteiger partial charge in [0.1, 0.15) is 5.01 Å². The van der Waals surface area contributed by atoms with E-state index in [4.69, 9.17) is 4.74 Å². The molecule has 1 aliphatic carbocycles. The average Bonchev–Trinajstić information content (AvgIpc) is 3.17. The number of aromatic nitrogens is 2. The minimum Gasteiger partial charge on any atom is -0.381 e. The van der Waals surface area contributed by atoms with Crippen LogP contribution in [-0.4, -0.2) is 36.0 Å². The zero-order valence-electron chi connectivity index (χ0n) is 15.7. The molecule has 6 nitrogen and oxygen atoms in total. The van der Waals surface area contributed by atoms with Crippen LogP contribution < -0.4 is 10.6 Å². The second kappa shape index (κ2) is 11.0. The first-order chi connectivity index (χ1) is 13.3. The van der Waals surface area contributed by atoms with Crippen LogP contribution >= 0.6 is 11.3 Å². The molecule has 0 radical (unpaired) electrons. The first kappa shape index (κ1) is 19.8. The topological polar surface area (TPSA) is 76.1 Å². The van der Waals surface area contributed by atoms with Crippen LogP contribution in [0.15, 0.2) is 30.3 Å². The van der Waals surface area contributed by atoms with Crippen LogP contribution in [0, 0.1) is 0 Å². The zero-order valence-corrected chi connectivity index (χ0v) is 16.5. The molecule has 0 spiro atoms. The van der Waals surface area contributed by atoms with Gasteiger partial charge in [0.2, 0.25) is 5.13 Å². The van der Waals surface area contributed by atoms with Crippen LogP contribution in [-0.2, 0) is 11.2 Å². The van der Waals surface area contributed by atoms with Crippen LogP contribution in [0.3, 0.4) is 0 Å². The monoisotopic (exact) mass is 388 g/mol. The van der Waals surface area contributed by atoms with Gasteiger partial charge in [0.15, 0.2) is 0 Å². The van der Waals surface area contributed by atoms with Gasteiger partial charge < -0.3 is 10.1 Å². The fraction of sp³-hybridized carbons (Fsp3) is 0.550. The molecule has 27 heavy (non-hydrogen) atoms. The number of nitrogens with zero attached hydrogens (tertiary/aromatic N) is 2. The van der Waals surface area contributed by atoms with E-state index in [0.717, 1.165) is 17.8 Å². The number of carbonyl (C=O) groups excluding carboxylic acids is 1. The van der Waals surface area contributed by atoms with Crippen molar-refractivity contribution in [2.24, 2.45) is 0 Å². The molecule has 1 aromatic carbocycles. The van der Waals surface area contributed by atoms with Crippen LogP contribution in [0.5, 0.6) is 0 Å². The maximum atomic E-state index is 11.9. The highest BCUT2D eigenvalue weighted by molar-refractivity contribution is 7.15. The summed E-state index contributed by atoms with van der Waals surface area (Å²) in [5.74, 6) is 0.517. The highest BCUT2D eigenvalue weighted by Crippen LogP contribution is 2.35. The number of amides is 2. The van der Waals surface area contributed by atoms with Crippen LogP contribution in [0.25, 0.3) is 0 Å². The molecule has 1 aromatic heterocycles. The van der Waals surface area contributed by atoms with Gasteiger partial charge in [0.25, 0.3) is 0 Å². The third kappa shape index (κ3) is 6.92. The van der Waals surface area contributed by atoms with Crippen molar-refractivity contribution >= 4 is 22.5 Å². The maximum Gasteiger partial charge on any atom is 0.321 e. The summed E-state index contributed by atoms with van der Waals surface area (Å²) in [7, 11) is 0. The number of anilines is 1. The average molecular weight is 389 g/mol. The lowest BCUT2D eigenvalue weighted by molar-refractivity contribution is 0.135. The Morgan fingerprint density at radius 3 is 2.74 bits per heavy atom. The predicted molar refractivity (Wildman–Crippen MR) is 108 cm³/mol. The van der Waals surface area contributed by atoms with E-state index >= 15 is 0 Å². The van der Waals surface area contributed by atoms with E-state index in [-0.39, 0.29) is 6.03 Å². The van der Waals surface area contributed by atoms with Gasteiger partial charge in [0.05, 0.1) is 6.61 Å². The fourth-order valence-electron chi connectivity index (χ4n) is 3.25. The summed E-state index contributed by atoms with van der Waals surface area (Å²) in [6, 6.07) is 10.1. The van der Waals surface area contributed by atoms with Gasteiger partial charge in [-0.2, -0.15) is 0 Å². The van der Waals surface area contributed by atoms with Gasteiger partial charge in [-0.3, -0.25) is 5.32 Å². The molecule has 0 bridgehead atoms. The summed E-state index contributed by atoms with van der Waals surface area (Å²) in [4.78, 5) is 11.9. The molecule has 2 amide bonds. The Balaban J connectivity index is 1.25. The van der Waals surface area contributed by atoms with Crippen LogP contribution in [0.4, 0.5) is 9.93 Å². The van der Waals surface area contributed by atoms with E-state index in [1.807, 2.05) is 18.2 Å². The zero-order chi connectivity index (χ0) is 18.7. The Labute approximate surface area is 164 Å². The summed E-state index contributed by atoms with van der Waals surface area (Å²) in [6.07, 6.45) is 7.91. The fourth-order valence-corrected chi connectivity index (χ4v) is 4.16. The summed E-state index contributed by atoms with van der Waals surface area (Å²) in [5.41, 5.74) is 1.28. The van der Waals surface area contributed by atoms with E-state index in [2.05, 4.69) is 33.0 Å². The summed E-state index contributed by atoms with van der Waals surface area (Å²) >= 11 is 1.50. The van der Waals surface area contributed by atoms with E-state index in [9.17, 15) is 4.79 Å². The van der Waals surface area contributed by atoms with Crippen molar-refractivity contribution in [3.63, 3.8) is 0 Å². The number of benzene rings is 1. The molecule has 2 N–H and O–H groups in total. The van der Waals surface area contributed by atoms with Crippen LogP contribution in [0.1, 0.15) is 55.0 Å². The highest BCUT2D eigenvalue weighted by atomic mass is 32.1. The molecule has 1 saturated carbocycles. The van der Waals surface area contributed by atoms with Crippen molar-refractivity contribution in [3.05, 3.63) is 40.9 Å². The number of urea groups is 1. The summed E-state index contributed by atoms with van der Waals surface area (Å²) < 4.78 is 5.62. The number of hydrogen-bond acceptors (Lipinski definition) is 5. The first-order valence-electron chi connectivity index (χ1n) is 9.81. The molecular weight excluding hydrogens is 360 g/mol. The normalized spacial score (nSPS) is 14.8. The Morgan fingerprint density at radius 1 is 1.11 bits per heavy atom. The van der Waals surface area contributed by atoms with Crippen molar-refractivity contribution in [2.45, 2.75) is 50.9 Å². The number of carbonyl (C=O) groups is 1. The second-order valence-corrected chi connectivity index (χ2v) is 7.87. The quantitative estimate of drug-likeness (QED) is 0.626. The molecule has 146 valence electrons. The van der Waals surface area contributed by atoms with Gasteiger partial charge in [-0.15, -0.1) is 10.2 Å². The van der Waals surface area contributed by atoms with Crippen molar-refractivity contribution in [1.29, 1.82) is 0 Å². The maximum absolute atomic E-state index is 11.9. The van der Waals surface area contributed by atoms with Crippen molar-refractivity contribution in [2.75, 3.05) is 25.1 Å². The minimum atomic E-state index is -0.231. The molecule has 0 unspecified atom stereocenters. The molecule has 0 aliphatic heterocycles. The Bertz CT molecular complexity index is 686. The first-order valence-corrected chi connectivity index (χ1v) is 10.6. The van der Waals surface area contributed by atoms with Crippen molar-refractivity contribution < 1.29 is 9.53 Å². The number of rotatable bonds is 9. The van der Waals surface area contributed by atoms with Crippen LogP contribution in [0.2, 0.25) is 0 Å². The molecule has 2 aromatic rings. The van der Waals surface area contributed by atoms with Gasteiger partial charge >= 0.3 is 6.03 Å². The molecular formula is C20H28N4O2S. The Morgan fingerprint density at radius 2 is 1.93 bits per heavy atom. The standard InChI is InChI=1S/C20H28N4O2S/c25-19(21-13-7-14-26-15-12-16-8-3-1-4-9-16)22-20-24-23-18(27-20)17-10-5-2-6-11-17/h1,3-4,8-9,17H,2,5-7,10-15H2,(H2,21,22,24,25). The van der Waals surface area contributed by atoms with E-state index in [0.29, 0.717) is 30.8 Å².